The molecule has 0 spiro atoms. The fourth-order valence-corrected chi connectivity index (χ4v) is 2.68. The van der Waals surface area contributed by atoms with E-state index in [9.17, 15) is 4.79 Å². The van der Waals surface area contributed by atoms with E-state index in [4.69, 9.17) is 4.74 Å². The Kier molecular flexibility index (Phi) is 3.81. The third-order valence-electron chi connectivity index (χ3n) is 2.78. The number of rotatable bonds is 5. The zero-order valence-electron chi connectivity index (χ0n) is 10.8. The van der Waals surface area contributed by atoms with Crippen LogP contribution in [-0.2, 0) is 6.54 Å². The van der Waals surface area contributed by atoms with Gasteiger partial charge in [-0.3, -0.25) is 9.48 Å². The number of aromatic nitrogens is 2. The molecule has 4 nitrogen and oxygen atoms in total. The molecular formula is C13H16N2O2S. The second kappa shape index (κ2) is 5.35. The highest BCUT2D eigenvalue weighted by molar-refractivity contribution is 7.08. The Morgan fingerprint density at radius 2 is 2.28 bits per heavy atom. The molecule has 18 heavy (non-hydrogen) atoms. The highest BCUT2D eigenvalue weighted by Crippen LogP contribution is 2.24. The van der Waals surface area contributed by atoms with Crippen LogP contribution in [0.4, 0.5) is 0 Å². The molecule has 0 amide bonds. The van der Waals surface area contributed by atoms with Crippen LogP contribution in [0.25, 0.3) is 0 Å². The molecule has 2 aromatic heterocycles. The fourth-order valence-electron chi connectivity index (χ4n) is 1.85. The SMILES string of the molecule is CCCn1ncc(OC)c1C(=O)c1cscc1C. The second-order valence-corrected chi connectivity index (χ2v) is 4.83. The van der Waals surface area contributed by atoms with Gasteiger partial charge in [-0.1, -0.05) is 6.92 Å². The van der Waals surface area contributed by atoms with Crippen molar-refractivity contribution in [2.45, 2.75) is 26.8 Å². The minimum Gasteiger partial charge on any atom is -0.493 e. The standard InChI is InChI=1S/C13H16N2O2S/c1-4-5-15-12(11(17-3)6-14-15)13(16)10-8-18-7-9(10)2/h6-8H,4-5H2,1-3H3. The molecule has 2 rings (SSSR count). The maximum absolute atomic E-state index is 12.5. The average molecular weight is 264 g/mol. The van der Waals surface area contributed by atoms with Gasteiger partial charge in [-0.05, 0) is 24.3 Å². The molecule has 0 aliphatic rings. The van der Waals surface area contributed by atoms with Crippen LogP contribution >= 0.6 is 11.3 Å². The molecule has 0 aliphatic carbocycles. The summed E-state index contributed by atoms with van der Waals surface area (Å²) in [6, 6.07) is 0. The molecule has 0 fully saturated rings. The van der Waals surface area contributed by atoms with Crippen molar-refractivity contribution >= 4 is 17.1 Å². The smallest absolute Gasteiger partial charge is 0.215 e. The predicted molar refractivity (Wildman–Crippen MR) is 71.6 cm³/mol. The lowest BCUT2D eigenvalue weighted by molar-refractivity contribution is 0.102. The van der Waals surface area contributed by atoms with Gasteiger partial charge in [0, 0.05) is 17.5 Å². The summed E-state index contributed by atoms with van der Waals surface area (Å²) in [5.74, 6) is 0.524. The van der Waals surface area contributed by atoms with Gasteiger partial charge in [0.2, 0.25) is 5.78 Å². The zero-order valence-corrected chi connectivity index (χ0v) is 11.6. The van der Waals surface area contributed by atoms with E-state index in [0.29, 0.717) is 18.0 Å². The number of carbonyl (C=O) groups is 1. The summed E-state index contributed by atoms with van der Waals surface area (Å²) >= 11 is 1.53. The molecule has 0 bridgehead atoms. The number of methoxy groups -OCH3 is 1. The van der Waals surface area contributed by atoms with Gasteiger partial charge in [0.15, 0.2) is 11.4 Å². The summed E-state index contributed by atoms with van der Waals surface area (Å²) in [4.78, 5) is 12.5. The topological polar surface area (TPSA) is 44.1 Å². The number of hydrogen-bond acceptors (Lipinski definition) is 4. The summed E-state index contributed by atoms with van der Waals surface area (Å²) in [7, 11) is 1.56. The third-order valence-corrected chi connectivity index (χ3v) is 3.64. The van der Waals surface area contributed by atoms with E-state index in [0.717, 1.165) is 17.5 Å². The Morgan fingerprint density at radius 1 is 1.50 bits per heavy atom. The summed E-state index contributed by atoms with van der Waals surface area (Å²) in [5.41, 5.74) is 2.27. The zero-order chi connectivity index (χ0) is 13.1. The monoisotopic (exact) mass is 264 g/mol. The van der Waals surface area contributed by atoms with Crippen molar-refractivity contribution in [3.63, 3.8) is 0 Å². The van der Waals surface area contributed by atoms with E-state index < -0.39 is 0 Å². The number of ketones is 1. The molecule has 0 unspecified atom stereocenters. The van der Waals surface area contributed by atoms with E-state index in [-0.39, 0.29) is 5.78 Å². The maximum atomic E-state index is 12.5. The van der Waals surface area contributed by atoms with Gasteiger partial charge in [0.05, 0.1) is 13.3 Å². The van der Waals surface area contributed by atoms with Crippen LogP contribution in [0.3, 0.4) is 0 Å². The summed E-state index contributed by atoms with van der Waals surface area (Å²) in [5, 5.41) is 8.06. The Hall–Kier alpha value is -1.62. The Labute approximate surface area is 110 Å². The minimum absolute atomic E-state index is 0.0171. The van der Waals surface area contributed by atoms with Gasteiger partial charge >= 0.3 is 0 Å². The van der Waals surface area contributed by atoms with E-state index in [1.807, 2.05) is 17.7 Å². The molecule has 5 heteroatoms. The summed E-state index contributed by atoms with van der Waals surface area (Å²) in [6.07, 6.45) is 2.53. The van der Waals surface area contributed by atoms with Gasteiger partial charge in [0.25, 0.3) is 0 Å². The molecule has 0 saturated carbocycles. The fraction of sp³-hybridized carbons (Fsp3) is 0.385. The molecule has 0 saturated heterocycles. The molecule has 0 aliphatic heterocycles. The van der Waals surface area contributed by atoms with Crippen molar-refractivity contribution in [3.8, 4) is 5.75 Å². The van der Waals surface area contributed by atoms with Gasteiger partial charge in [-0.15, -0.1) is 0 Å². The Bertz CT molecular complexity index is 557. The summed E-state index contributed by atoms with van der Waals surface area (Å²) < 4.78 is 6.95. The minimum atomic E-state index is -0.0171. The Morgan fingerprint density at radius 3 is 2.83 bits per heavy atom. The van der Waals surface area contributed by atoms with Crippen LogP contribution in [0.2, 0.25) is 0 Å². The van der Waals surface area contributed by atoms with Crippen LogP contribution < -0.4 is 4.74 Å². The van der Waals surface area contributed by atoms with Crippen LogP contribution in [0.1, 0.15) is 35.0 Å². The van der Waals surface area contributed by atoms with Crippen LogP contribution in [-0.4, -0.2) is 22.7 Å². The van der Waals surface area contributed by atoms with Gasteiger partial charge in [-0.2, -0.15) is 16.4 Å². The normalized spacial score (nSPS) is 10.6. The molecule has 0 radical (unpaired) electrons. The lowest BCUT2D eigenvalue weighted by Crippen LogP contribution is -2.12. The first kappa shape index (κ1) is 12.8. The van der Waals surface area contributed by atoms with Crippen molar-refractivity contribution in [1.82, 2.24) is 9.78 Å². The quantitative estimate of drug-likeness (QED) is 0.780. The van der Waals surface area contributed by atoms with Crippen LogP contribution in [0.15, 0.2) is 17.0 Å². The number of hydrogen-bond donors (Lipinski definition) is 0. The average Bonchev–Trinajstić information content (AvgIpc) is 2.95. The van der Waals surface area contributed by atoms with E-state index in [1.165, 1.54) is 11.3 Å². The van der Waals surface area contributed by atoms with E-state index in [2.05, 4.69) is 12.0 Å². The lowest BCUT2D eigenvalue weighted by atomic mass is 10.1. The van der Waals surface area contributed by atoms with Crippen molar-refractivity contribution in [3.05, 3.63) is 33.8 Å². The van der Waals surface area contributed by atoms with Gasteiger partial charge in [-0.25, -0.2) is 0 Å². The second-order valence-electron chi connectivity index (χ2n) is 4.08. The van der Waals surface area contributed by atoms with Crippen molar-refractivity contribution in [1.29, 1.82) is 0 Å². The first-order valence-electron chi connectivity index (χ1n) is 5.86. The first-order chi connectivity index (χ1) is 8.69. The van der Waals surface area contributed by atoms with Crippen LogP contribution in [0, 0.1) is 6.92 Å². The number of carbonyl (C=O) groups excluding carboxylic acids is 1. The van der Waals surface area contributed by atoms with Gasteiger partial charge in [0.1, 0.15) is 0 Å². The largest absolute Gasteiger partial charge is 0.493 e. The molecule has 0 N–H and O–H groups in total. The third kappa shape index (κ3) is 2.18. The van der Waals surface area contributed by atoms with Crippen molar-refractivity contribution in [2.24, 2.45) is 0 Å². The van der Waals surface area contributed by atoms with Crippen LogP contribution in [0.5, 0.6) is 5.75 Å². The summed E-state index contributed by atoms with van der Waals surface area (Å²) in [6.45, 7) is 4.71. The molecular weight excluding hydrogens is 248 g/mol. The van der Waals surface area contributed by atoms with Crippen molar-refractivity contribution in [2.75, 3.05) is 7.11 Å². The lowest BCUT2D eigenvalue weighted by Gasteiger charge is -2.07. The number of nitrogens with zero attached hydrogens (tertiary/aromatic N) is 2. The highest BCUT2D eigenvalue weighted by Gasteiger charge is 2.22. The van der Waals surface area contributed by atoms with E-state index in [1.54, 1.807) is 18.0 Å². The molecule has 0 atom stereocenters. The molecule has 2 heterocycles. The highest BCUT2D eigenvalue weighted by atomic mass is 32.1. The number of ether oxygens (including phenoxy) is 1. The van der Waals surface area contributed by atoms with Gasteiger partial charge < -0.3 is 4.74 Å². The number of thiophene rings is 1. The molecule has 96 valence electrons. The first-order valence-corrected chi connectivity index (χ1v) is 6.80. The molecule has 0 aromatic carbocycles. The predicted octanol–water partition coefficient (Wildman–Crippen LogP) is 2.90. The Balaban J connectivity index is 2.46. The molecule has 2 aromatic rings. The number of aryl methyl sites for hydroxylation is 2. The van der Waals surface area contributed by atoms with E-state index >= 15 is 0 Å². The maximum Gasteiger partial charge on any atom is 0.215 e. The van der Waals surface area contributed by atoms with Crippen molar-refractivity contribution < 1.29 is 9.53 Å².